The lowest BCUT2D eigenvalue weighted by Crippen LogP contribution is -2.26. The Morgan fingerprint density at radius 3 is 2.39 bits per heavy atom. The van der Waals surface area contributed by atoms with E-state index in [2.05, 4.69) is 28.7 Å². The van der Waals surface area contributed by atoms with Gasteiger partial charge in [-0.3, -0.25) is 0 Å². The molecule has 18 heavy (non-hydrogen) atoms. The fourth-order valence-electron chi connectivity index (χ4n) is 2.00. The van der Waals surface area contributed by atoms with Gasteiger partial charge in [0.05, 0.1) is 11.0 Å². The van der Waals surface area contributed by atoms with Crippen molar-refractivity contribution in [2.75, 3.05) is 23.7 Å². The fraction of sp³-hybridized carbons (Fsp3) is 0.429. The van der Waals surface area contributed by atoms with Crippen LogP contribution in [0.3, 0.4) is 0 Å². The first-order valence-corrected chi connectivity index (χ1v) is 6.53. The molecular formula is C14H20N4. The zero-order valence-electron chi connectivity index (χ0n) is 11.1. The van der Waals surface area contributed by atoms with Gasteiger partial charge in [-0.05, 0) is 25.5 Å². The topological polar surface area (TPSA) is 55.0 Å². The summed E-state index contributed by atoms with van der Waals surface area (Å²) in [6, 6.07) is 7.83. The van der Waals surface area contributed by atoms with Crippen molar-refractivity contribution in [2.24, 2.45) is 0 Å². The first-order valence-electron chi connectivity index (χ1n) is 6.53. The smallest absolute Gasteiger partial charge is 0.172 e. The van der Waals surface area contributed by atoms with Crippen LogP contribution in [-0.2, 0) is 0 Å². The summed E-state index contributed by atoms with van der Waals surface area (Å²) in [6.45, 7) is 6.18. The highest BCUT2D eigenvalue weighted by atomic mass is 15.2. The molecule has 1 aromatic carbocycles. The Labute approximate surface area is 108 Å². The van der Waals surface area contributed by atoms with Crippen LogP contribution < -0.4 is 10.6 Å². The van der Waals surface area contributed by atoms with E-state index in [4.69, 9.17) is 5.73 Å². The predicted molar refractivity (Wildman–Crippen MR) is 76.7 cm³/mol. The van der Waals surface area contributed by atoms with E-state index in [1.165, 1.54) is 0 Å². The van der Waals surface area contributed by atoms with E-state index in [1.54, 1.807) is 0 Å². The lowest BCUT2D eigenvalue weighted by molar-refractivity contribution is 0.725. The van der Waals surface area contributed by atoms with Crippen LogP contribution in [0.2, 0.25) is 0 Å². The van der Waals surface area contributed by atoms with Crippen molar-refractivity contribution in [2.45, 2.75) is 26.7 Å². The molecule has 1 heterocycles. The molecule has 2 rings (SSSR count). The zero-order valence-corrected chi connectivity index (χ0v) is 11.1. The first-order chi connectivity index (χ1) is 8.76. The van der Waals surface area contributed by atoms with Crippen molar-refractivity contribution in [3.8, 4) is 0 Å². The lowest BCUT2D eigenvalue weighted by Gasteiger charge is -2.22. The van der Waals surface area contributed by atoms with Crippen LogP contribution in [0.1, 0.15) is 26.7 Å². The number of rotatable bonds is 5. The Kier molecular flexibility index (Phi) is 3.97. The number of fused-ring (bicyclic) bond motifs is 1. The summed E-state index contributed by atoms with van der Waals surface area (Å²) in [4.78, 5) is 11.3. The molecule has 0 bridgehead atoms. The number of aromatic nitrogens is 2. The lowest BCUT2D eigenvalue weighted by atomic mass is 10.3. The minimum atomic E-state index is 0.520. The summed E-state index contributed by atoms with van der Waals surface area (Å²) in [5.74, 6) is 1.33. The van der Waals surface area contributed by atoms with E-state index in [-0.39, 0.29) is 0 Å². The van der Waals surface area contributed by atoms with Gasteiger partial charge in [-0.25, -0.2) is 9.97 Å². The summed E-state index contributed by atoms with van der Waals surface area (Å²) in [6.07, 6.45) is 2.30. The largest absolute Gasteiger partial charge is 0.381 e. The van der Waals surface area contributed by atoms with Crippen LogP contribution in [0.25, 0.3) is 11.0 Å². The molecule has 0 radical (unpaired) electrons. The van der Waals surface area contributed by atoms with Crippen molar-refractivity contribution in [3.63, 3.8) is 0 Å². The summed E-state index contributed by atoms with van der Waals surface area (Å²) in [5, 5.41) is 0. The van der Waals surface area contributed by atoms with Gasteiger partial charge in [0, 0.05) is 13.1 Å². The third-order valence-electron chi connectivity index (χ3n) is 3.04. The molecule has 4 heteroatoms. The molecule has 2 N–H and O–H groups in total. The van der Waals surface area contributed by atoms with Gasteiger partial charge in [0.1, 0.15) is 0 Å². The number of hydrogen-bond donors (Lipinski definition) is 1. The highest BCUT2D eigenvalue weighted by Crippen LogP contribution is 2.22. The average molecular weight is 244 g/mol. The summed E-state index contributed by atoms with van der Waals surface area (Å²) in [5.41, 5.74) is 7.77. The van der Waals surface area contributed by atoms with Crippen LogP contribution in [0.15, 0.2) is 24.3 Å². The van der Waals surface area contributed by atoms with E-state index in [0.717, 1.165) is 42.8 Å². The molecule has 0 unspecified atom stereocenters. The number of para-hydroxylation sites is 2. The fourth-order valence-corrected chi connectivity index (χ4v) is 2.00. The predicted octanol–water partition coefficient (Wildman–Crippen LogP) is 2.84. The number of hydrogen-bond acceptors (Lipinski definition) is 4. The zero-order chi connectivity index (χ0) is 13.0. The minimum absolute atomic E-state index is 0.520. The summed E-state index contributed by atoms with van der Waals surface area (Å²) in [7, 11) is 0. The normalized spacial score (nSPS) is 10.8. The molecule has 0 atom stereocenters. The van der Waals surface area contributed by atoms with Gasteiger partial charge < -0.3 is 10.6 Å². The Morgan fingerprint density at radius 1 is 1.11 bits per heavy atom. The van der Waals surface area contributed by atoms with Crippen molar-refractivity contribution < 1.29 is 0 Å². The molecule has 96 valence electrons. The van der Waals surface area contributed by atoms with Crippen LogP contribution in [0.5, 0.6) is 0 Å². The second-order valence-corrected chi connectivity index (χ2v) is 4.35. The van der Waals surface area contributed by atoms with Crippen molar-refractivity contribution in [3.05, 3.63) is 24.3 Å². The molecule has 0 aliphatic rings. The second-order valence-electron chi connectivity index (χ2n) is 4.35. The molecule has 0 saturated heterocycles. The van der Waals surface area contributed by atoms with Gasteiger partial charge in [0.15, 0.2) is 11.6 Å². The number of nitrogens with zero attached hydrogens (tertiary/aromatic N) is 3. The summed E-state index contributed by atoms with van der Waals surface area (Å²) >= 11 is 0. The second kappa shape index (κ2) is 5.67. The molecular weight excluding hydrogens is 224 g/mol. The van der Waals surface area contributed by atoms with Crippen LogP contribution in [-0.4, -0.2) is 23.1 Å². The van der Waals surface area contributed by atoms with Crippen LogP contribution in [0, 0.1) is 0 Å². The standard InChI is InChI=1S/C14H20N4/c1-3-5-10-18(4-2)14-13(15)16-11-8-6-7-9-12(11)17-14/h6-9H,3-5,10H2,1-2H3,(H2,15,16). The molecule has 0 saturated carbocycles. The number of nitrogen functional groups attached to an aromatic ring is 1. The molecule has 0 aliphatic heterocycles. The molecule has 4 nitrogen and oxygen atoms in total. The average Bonchev–Trinajstić information content (AvgIpc) is 2.40. The van der Waals surface area contributed by atoms with Gasteiger partial charge in [0.2, 0.25) is 0 Å². The van der Waals surface area contributed by atoms with E-state index < -0.39 is 0 Å². The van der Waals surface area contributed by atoms with Crippen molar-refractivity contribution >= 4 is 22.7 Å². The van der Waals surface area contributed by atoms with Gasteiger partial charge in [-0.2, -0.15) is 0 Å². The SMILES string of the molecule is CCCCN(CC)c1nc2ccccc2nc1N. The van der Waals surface area contributed by atoms with E-state index in [0.29, 0.717) is 5.82 Å². The number of benzene rings is 1. The Morgan fingerprint density at radius 2 is 1.78 bits per heavy atom. The molecule has 2 aromatic rings. The quantitative estimate of drug-likeness (QED) is 0.878. The van der Waals surface area contributed by atoms with Crippen LogP contribution in [0.4, 0.5) is 11.6 Å². The maximum atomic E-state index is 6.02. The van der Waals surface area contributed by atoms with Gasteiger partial charge in [-0.1, -0.05) is 25.5 Å². The molecule has 0 amide bonds. The number of anilines is 2. The summed E-state index contributed by atoms with van der Waals surface area (Å²) < 4.78 is 0. The van der Waals surface area contributed by atoms with Gasteiger partial charge in [-0.15, -0.1) is 0 Å². The molecule has 1 aromatic heterocycles. The van der Waals surface area contributed by atoms with Crippen molar-refractivity contribution in [1.29, 1.82) is 0 Å². The maximum Gasteiger partial charge on any atom is 0.172 e. The Balaban J connectivity index is 2.39. The minimum Gasteiger partial charge on any atom is -0.381 e. The Bertz CT molecular complexity index is 524. The monoisotopic (exact) mass is 244 g/mol. The molecule has 0 spiro atoms. The maximum absolute atomic E-state index is 6.02. The highest BCUT2D eigenvalue weighted by molar-refractivity contribution is 5.79. The van der Waals surface area contributed by atoms with Gasteiger partial charge >= 0.3 is 0 Å². The Hall–Kier alpha value is -1.84. The third-order valence-corrected chi connectivity index (χ3v) is 3.04. The number of unbranched alkanes of at least 4 members (excludes halogenated alkanes) is 1. The van der Waals surface area contributed by atoms with E-state index in [1.807, 2.05) is 24.3 Å². The first kappa shape index (κ1) is 12.6. The highest BCUT2D eigenvalue weighted by Gasteiger charge is 2.11. The van der Waals surface area contributed by atoms with Crippen molar-refractivity contribution in [1.82, 2.24) is 9.97 Å². The molecule has 0 aliphatic carbocycles. The molecule has 0 fully saturated rings. The van der Waals surface area contributed by atoms with Gasteiger partial charge in [0.25, 0.3) is 0 Å². The van der Waals surface area contributed by atoms with E-state index >= 15 is 0 Å². The van der Waals surface area contributed by atoms with E-state index in [9.17, 15) is 0 Å². The third kappa shape index (κ3) is 2.53. The number of nitrogens with two attached hydrogens (primary N) is 1. The van der Waals surface area contributed by atoms with Crippen LogP contribution >= 0.6 is 0 Å².